The summed E-state index contributed by atoms with van der Waals surface area (Å²) in [6.45, 7) is 3.64. The van der Waals surface area contributed by atoms with Gasteiger partial charge in [-0.1, -0.05) is 6.07 Å². The number of carbonyl (C=O) groups is 1. The van der Waals surface area contributed by atoms with Crippen molar-refractivity contribution in [1.29, 1.82) is 0 Å². The summed E-state index contributed by atoms with van der Waals surface area (Å²) < 4.78 is 26.1. The van der Waals surface area contributed by atoms with Crippen LogP contribution in [0.2, 0.25) is 0 Å². The molecule has 22 heavy (non-hydrogen) atoms. The highest BCUT2D eigenvalue weighted by molar-refractivity contribution is 5.85. The molecule has 1 aromatic rings. The number of likely N-dealkylation sites (tertiary alicyclic amines) is 1. The topological polar surface area (TPSA) is 32.3 Å². The van der Waals surface area contributed by atoms with Crippen molar-refractivity contribution in [1.82, 2.24) is 10.2 Å². The maximum absolute atomic E-state index is 13.2. The summed E-state index contributed by atoms with van der Waals surface area (Å²) in [6, 6.07) is 3.67. The van der Waals surface area contributed by atoms with E-state index >= 15 is 0 Å². The van der Waals surface area contributed by atoms with Gasteiger partial charge in [0.2, 0.25) is 5.91 Å². The van der Waals surface area contributed by atoms with E-state index in [1.807, 2.05) is 4.90 Å². The fourth-order valence-electron chi connectivity index (χ4n) is 3.40. The first-order chi connectivity index (χ1) is 10.1. The molecule has 2 saturated heterocycles. The Labute approximate surface area is 135 Å². The molecule has 0 aliphatic carbocycles. The Hall–Kier alpha value is -1.20. The minimum absolute atomic E-state index is 0. The minimum atomic E-state index is -0.892. The zero-order valence-electron chi connectivity index (χ0n) is 12.4. The van der Waals surface area contributed by atoms with Crippen molar-refractivity contribution in [3.8, 4) is 0 Å². The number of halogens is 3. The zero-order chi connectivity index (χ0) is 14.8. The molecule has 0 spiro atoms. The van der Waals surface area contributed by atoms with Crippen molar-refractivity contribution in [2.75, 3.05) is 26.2 Å². The maximum atomic E-state index is 13.2. The van der Waals surface area contributed by atoms with Gasteiger partial charge < -0.3 is 10.2 Å². The number of benzene rings is 1. The molecular weight excluding hydrogens is 310 g/mol. The summed E-state index contributed by atoms with van der Waals surface area (Å²) in [5, 5.41) is 3.41. The number of hydrogen-bond donors (Lipinski definition) is 1. The van der Waals surface area contributed by atoms with Gasteiger partial charge in [0.15, 0.2) is 11.6 Å². The predicted octanol–water partition coefficient (Wildman–Crippen LogP) is 2.39. The van der Waals surface area contributed by atoms with Crippen LogP contribution >= 0.6 is 12.4 Å². The van der Waals surface area contributed by atoms with Gasteiger partial charge in [-0.2, -0.15) is 0 Å². The summed E-state index contributed by atoms with van der Waals surface area (Å²) >= 11 is 0. The Balaban J connectivity index is 0.00000176. The lowest BCUT2D eigenvalue weighted by Gasteiger charge is -2.21. The summed E-state index contributed by atoms with van der Waals surface area (Å²) in [4.78, 5) is 14.2. The molecule has 6 heteroatoms. The molecule has 2 aliphatic rings. The second kappa shape index (κ2) is 7.38. The van der Waals surface area contributed by atoms with Gasteiger partial charge >= 0.3 is 0 Å². The Morgan fingerprint density at radius 2 is 1.77 bits per heavy atom. The second-order valence-corrected chi connectivity index (χ2v) is 6.06. The molecular formula is C16H21ClF2N2O. The van der Waals surface area contributed by atoms with Crippen molar-refractivity contribution < 1.29 is 13.6 Å². The predicted molar refractivity (Wildman–Crippen MR) is 83.0 cm³/mol. The number of rotatable bonds is 2. The largest absolute Gasteiger partial charge is 0.342 e. The lowest BCUT2D eigenvalue weighted by Crippen LogP contribution is -2.33. The Kier molecular flexibility index (Phi) is 5.75. The van der Waals surface area contributed by atoms with Crippen LogP contribution in [0.4, 0.5) is 8.78 Å². The highest BCUT2D eigenvalue weighted by atomic mass is 35.5. The van der Waals surface area contributed by atoms with E-state index in [1.54, 1.807) is 0 Å². The first kappa shape index (κ1) is 17.2. The van der Waals surface area contributed by atoms with Crippen LogP contribution in [0.25, 0.3) is 0 Å². The van der Waals surface area contributed by atoms with Crippen LogP contribution in [0.5, 0.6) is 0 Å². The average molecular weight is 331 g/mol. The van der Waals surface area contributed by atoms with Crippen LogP contribution in [-0.4, -0.2) is 37.0 Å². The molecule has 1 aromatic carbocycles. The third-order valence-electron chi connectivity index (χ3n) is 4.71. The van der Waals surface area contributed by atoms with Crippen molar-refractivity contribution >= 4 is 18.3 Å². The summed E-state index contributed by atoms with van der Waals surface area (Å²) in [5.74, 6) is -0.413. The van der Waals surface area contributed by atoms with E-state index in [0.717, 1.165) is 51.2 Å². The summed E-state index contributed by atoms with van der Waals surface area (Å²) in [6.07, 6.45) is 2.20. The number of fused-ring (bicyclic) bond motifs is 1. The second-order valence-electron chi connectivity index (χ2n) is 6.06. The minimum Gasteiger partial charge on any atom is -0.342 e. The number of nitrogens with one attached hydrogen (secondary N) is 1. The maximum Gasteiger partial charge on any atom is 0.226 e. The molecule has 1 N–H and O–H groups in total. The molecule has 2 fully saturated rings. The highest BCUT2D eigenvalue weighted by Gasteiger charge is 2.31. The van der Waals surface area contributed by atoms with E-state index in [1.165, 1.54) is 6.07 Å². The van der Waals surface area contributed by atoms with Gasteiger partial charge in [-0.15, -0.1) is 12.4 Å². The zero-order valence-corrected chi connectivity index (χ0v) is 13.2. The van der Waals surface area contributed by atoms with Crippen molar-refractivity contribution in [2.45, 2.75) is 19.3 Å². The lowest BCUT2D eigenvalue weighted by molar-refractivity contribution is -0.130. The SMILES string of the molecule is Cl.O=C(Cc1ccc(F)c(F)c1)N1CC[C@@H]2CNC[C@@H]2CC1. The fourth-order valence-corrected chi connectivity index (χ4v) is 3.40. The quantitative estimate of drug-likeness (QED) is 0.903. The number of amides is 1. The van der Waals surface area contributed by atoms with Gasteiger partial charge in [-0.05, 0) is 55.5 Å². The summed E-state index contributed by atoms with van der Waals surface area (Å²) in [7, 11) is 0. The van der Waals surface area contributed by atoms with Gasteiger partial charge in [0, 0.05) is 13.1 Å². The molecule has 0 unspecified atom stereocenters. The molecule has 0 radical (unpaired) electrons. The van der Waals surface area contributed by atoms with Crippen molar-refractivity contribution in [3.63, 3.8) is 0 Å². The van der Waals surface area contributed by atoms with E-state index in [2.05, 4.69) is 5.32 Å². The molecule has 2 atom stereocenters. The first-order valence-corrected chi connectivity index (χ1v) is 7.56. The molecule has 1 amide bonds. The highest BCUT2D eigenvalue weighted by Crippen LogP contribution is 2.27. The summed E-state index contributed by atoms with van der Waals surface area (Å²) in [5.41, 5.74) is 0.532. The normalized spacial score (nSPS) is 24.4. The van der Waals surface area contributed by atoms with Gasteiger partial charge in [0.1, 0.15) is 0 Å². The van der Waals surface area contributed by atoms with Gasteiger partial charge in [0.05, 0.1) is 6.42 Å². The van der Waals surface area contributed by atoms with Gasteiger partial charge in [0.25, 0.3) is 0 Å². The van der Waals surface area contributed by atoms with Crippen LogP contribution in [0.15, 0.2) is 18.2 Å². The van der Waals surface area contributed by atoms with Crippen LogP contribution in [0.1, 0.15) is 18.4 Å². The first-order valence-electron chi connectivity index (χ1n) is 7.56. The molecule has 122 valence electrons. The van der Waals surface area contributed by atoms with E-state index in [0.29, 0.717) is 17.4 Å². The Morgan fingerprint density at radius 1 is 1.14 bits per heavy atom. The van der Waals surface area contributed by atoms with E-state index in [4.69, 9.17) is 0 Å². The molecule has 0 bridgehead atoms. The lowest BCUT2D eigenvalue weighted by atomic mass is 9.92. The van der Waals surface area contributed by atoms with Crippen LogP contribution in [0, 0.1) is 23.5 Å². The van der Waals surface area contributed by atoms with E-state index in [9.17, 15) is 13.6 Å². The standard InChI is InChI=1S/C16H20F2N2O.ClH/c17-14-2-1-11(7-15(14)18)8-16(21)20-5-3-12-9-19-10-13(12)4-6-20;/h1-2,7,12-13,19H,3-6,8-10H2;1H/t12-,13+;. The molecule has 0 aromatic heterocycles. The van der Waals surface area contributed by atoms with Crippen LogP contribution in [-0.2, 0) is 11.2 Å². The Morgan fingerprint density at radius 3 is 2.36 bits per heavy atom. The Bertz CT molecular complexity index is 527. The van der Waals surface area contributed by atoms with E-state index < -0.39 is 11.6 Å². The number of nitrogens with zero attached hydrogens (tertiary/aromatic N) is 1. The third kappa shape index (κ3) is 3.76. The van der Waals surface area contributed by atoms with E-state index in [-0.39, 0.29) is 24.7 Å². The smallest absolute Gasteiger partial charge is 0.226 e. The van der Waals surface area contributed by atoms with Gasteiger partial charge in [-0.25, -0.2) is 8.78 Å². The molecule has 3 rings (SSSR count). The molecule has 2 aliphatic heterocycles. The van der Waals surface area contributed by atoms with Crippen LogP contribution in [0.3, 0.4) is 0 Å². The molecule has 0 saturated carbocycles. The monoisotopic (exact) mass is 330 g/mol. The average Bonchev–Trinajstić information content (AvgIpc) is 2.81. The molecule has 3 nitrogen and oxygen atoms in total. The fraction of sp³-hybridized carbons (Fsp3) is 0.562. The van der Waals surface area contributed by atoms with Crippen LogP contribution < -0.4 is 5.32 Å². The number of hydrogen-bond acceptors (Lipinski definition) is 2. The molecule has 2 heterocycles. The van der Waals surface area contributed by atoms with Gasteiger partial charge in [-0.3, -0.25) is 4.79 Å². The third-order valence-corrected chi connectivity index (χ3v) is 4.71. The van der Waals surface area contributed by atoms with Crippen molar-refractivity contribution in [2.24, 2.45) is 11.8 Å². The van der Waals surface area contributed by atoms with Crippen molar-refractivity contribution in [3.05, 3.63) is 35.4 Å². The number of carbonyl (C=O) groups excluding carboxylic acids is 1.